The number of rotatable bonds is 14. The molecule has 3 aromatic rings. The summed E-state index contributed by atoms with van der Waals surface area (Å²) in [4.78, 5) is 32.8. The summed E-state index contributed by atoms with van der Waals surface area (Å²) in [5.41, 5.74) is 0.776. The number of aromatic nitrogens is 2. The SMILES string of the molecule is CCCCCOc1ccc(C2C(C(=O)c3cccs3)=C(O)C(=O)N2CCCn2ccnc2)cc1OCC. The Bertz CT molecular complexity index is 1220. The number of benzene rings is 1. The first-order valence-electron chi connectivity index (χ1n) is 12.7. The molecule has 196 valence electrons. The highest BCUT2D eigenvalue weighted by molar-refractivity contribution is 7.12. The molecule has 0 saturated heterocycles. The molecule has 1 aromatic carbocycles. The number of unbranched alkanes of at least 4 members (excludes halogenated alkanes) is 2. The molecule has 0 fully saturated rings. The predicted molar refractivity (Wildman–Crippen MR) is 142 cm³/mol. The zero-order valence-corrected chi connectivity index (χ0v) is 22.1. The van der Waals surface area contributed by atoms with Crippen LogP contribution in [0.3, 0.4) is 0 Å². The maximum atomic E-state index is 13.5. The number of hydrogen-bond acceptors (Lipinski definition) is 7. The Morgan fingerprint density at radius 3 is 2.68 bits per heavy atom. The fourth-order valence-corrected chi connectivity index (χ4v) is 5.14. The van der Waals surface area contributed by atoms with E-state index in [0.717, 1.165) is 19.3 Å². The molecular weight excluding hydrogens is 490 g/mol. The summed E-state index contributed by atoms with van der Waals surface area (Å²) in [5.74, 6) is -0.216. The molecule has 0 aliphatic carbocycles. The normalized spacial score (nSPS) is 15.5. The molecule has 0 spiro atoms. The van der Waals surface area contributed by atoms with E-state index >= 15 is 0 Å². The van der Waals surface area contributed by atoms with E-state index in [-0.39, 0.29) is 11.4 Å². The number of aryl methyl sites for hydroxylation is 1. The number of nitrogens with zero attached hydrogens (tertiary/aromatic N) is 3. The maximum Gasteiger partial charge on any atom is 0.290 e. The van der Waals surface area contributed by atoms with Gasteiger partial charge in [0.25, 0.3) is 5.91 Å². The molecule has 0 radical (unpaired) electrons. The Morgan fingerprint density at radius 2 is 1.97 bits per heavy atom. The maximum absolute atomic E-state index is 13.5. The molecule has 1 atom stereocenters. The van der Waals surface area contributed by atoms with Crippen LogP contribution in [0.4, 0.5) is 0 Å². The second-order valence-corrected chi connectivity index (χ2v) is 9.77. The standard InChI is InChI=1S/C28H33N3O5S/c1-3-5-6-16-36-21-11-10-20(18-22(21)35-4-2)25-24(26(32)23-9-7-17-37-23)27(33)28(34)31(25)14-8-13-30-15-12-29-19-30/h7,9-12,15,17-19,25,33H,3-6,8,13-14,16H2,1-2H3. The van der Waals surface area contributed by atoms with E-state index in [2.05, 4.69) is 11.9 Å². The lowest BCUT2D eigenvalue weighted by atomic mass is 9.95. The van der Waals surface area contributed by atoms with Crippen LogP contribution in [0.25, 0.3) is 0 Å². The Kier molecular flexibility index (Phi) is 9.00. The molecule has 1 aliphatic heterocycles. The van der Waals surface area contributed by atoms with Crippen LogP contribution in [0.1, 0.15) is 60.8 Å². The van der Waals surface area contributed by atoms with Crippen LogP contribution < -0.4 is 9.47 Å². The third kappa shape index (κ3) is 6.05. The summed E-state index contributed by atoms with van der Waals surface area (Å²) in [5, 5.41) is 12.7. The van der Waals surface area contributed by atoms with Gasteiger partial charge in [0.15, 0.2) is 17.3 Å². The van der Waals surface area contributed by atoms with Crippen molar-refractivity contribution in [3.8, 4) is 11.5 Å². The van der Waals surface area contributed by atoms with E-state index in [0.29, 0.717) is 54.7 Å². The largest absolute Gasteiger partial charge is 0.503 e. The van der Waals surface area contributed by atoms with Gasteiger partial charge in [-0.2, -0.15) is 0 Å². The summed E-state index contributed by atoms with van der Waals surface area (Å²) in [6.07, 6.45) is 9.04. The van der Waals surface area contributed by atoms with Crippen LogP contribution in [0, 0.1) is 0 Å². The van der Waals surface area contributed by atoms with Crippen LogP contribution in [0.15, 0.2) is 65.8 Å². The highest BCUT2D eigenvalue weighted by atomic mass is 32.1. The number of hydrogen-bond donors (Lipinski definition) is 1. The molecule has 37 heavy (non-hydrogen) atoms. The molecule has 9 heteroatoms. The number of aliphatic hydroxyl groups excluding tert-OH is 1. The molecule has 1 aliphatic rings. The monoisotopic (exact) mass is 523 g/mol. The van der Waals surface area contributed by atoms with Gasteiger partial charge in [-0.05, 0) is 48.9 Å². The minimum atomic E-state index is -0.738. The van der Waals surface area contributed by atoms with Crippen LogP contribution in [-0.2, 0) is 11.3 Å². The molecule has 1 N–H and O–H groups in total. The molecule has 8 nitrogen and oxygen atoms in total. The highest BCUT2D eigenvalue weighted by Crippen LogP contribution is 2.42. The van der Waals surface area contributed by atoms with Gasteiger partial charge in [0, 0.05) is 25.5 Å². The fourth-order valence-electron chi connectivity index (χ4n) is 4.46. The number of Topliss-reactive ketones (excluding diaryl/α,β-unsaturated/α-hetero) is 1. The van der Waals surface area contributed by atoms with Gasteiger partial charge < -0.3 is 24.0 Å². The van der Waals surface area contributed by atoms with Gasteiger partial charge in [-0.3, -0.25) is 9.59 Å². The van der Waals surface area contributed by atoms with Gasteiger partial charge >= 0.3 is 0 Å². The van der Waals surface area contributed by atoms with Crippen LogP contribution in [0.5, 0.6) is 11.5 Å². The smallest absolute Gasteiger partial charge is 0.290 e. The van der Waals surface area contributed by atoms with E-state index in [9.17, 15) is 14.7 Å². The van der Waals surface area contributed by atoms with Crippen molar-refractivity contribution in [1.29, 1.82) is 0 Å². The first kappa shape index (κ1) is 26.5. The Hall–Kier alpha value is -3.59. The van der Waals surface area contributed by atoms with Crippen molar-refractivity contribution in [3.05, 3.63) is 76.2 Å². The summed E-state index contributed by atoms with van der Waals surface area (Å²) in [6, 6.07) is 8.23. The van der Waals surface area contributed by atoms with Gasteiger partial charge in [0.05, 0.1) is 36.0 Å². The van der Waals surface area contributed by atoms with Gasteiger partial charge in [-0.1, -0.05) is 31.9 Å². The molecule has 0 bridgehead atoms. The number of amides is 1. The summed E-state index contributed by atoms with van der Waals surface area (Å²) in [7, 11) is 0. The molecular formula is C28H33N3O5S. The van der Waals surface area contributed by atoms with E-state index in [4.69, 9.17) is 9.47 Å². The van der Waals surface area contributed by atoms with Crippen molar-refractivity contribution >= 4 is 23.0 Å². The third-order valence-electron chi connectivity index (χ3n) is 6.26. The topological polar surface area (TPSA) is 93.9 Å². The minimum absolute atomic E-state index is 0.0918. The highest BCUT2D eigenvalue weighted by Gasteiger charge is 2.44. The second-order valence-electron chi connectivity index (χ2n) is 8.82. The second kappa shape index (κ2) is 12.6. The number of aliphatic hydroxyl groups is 1. The number of ether oxygens (including phenoxy) is 2. The summed E-state index contributed by atoms with van der Waals surface area (Å²) < 4.78 is 13.8. The molecule has 1 amide bonds. The average Bonchev–Trinajstić information content (AvgIpc) is 3.66. The lowest BCUT2D eigenvalue weighted by molar-refractivity contribution is -0.129. The Morgan fingerprint density at radius 1 is 1.11 bits per heavy atom. The van der Waals surface area contributed by atoms with Crippen molar-refractivity contribution in [2.75, 3.05) is 19.8 Å². The van der Waals surface area contributed by atoms with E-state index in [1.807, 2.05) is 35.9 Å². The lowest BCUT2D eigenvalue weighted by Crippen LogP contribution is -2.32. The summed E-state index contributed by atoms with van der Waals surface area (Å²) in [6.45, 7) is 6.06. The molecule has 1 unspecified atom stereocenters. The first-order chi connectivity index (χ1) is 18.0. The number of carbonyl (C=O) groups excluding carboxylic acids is 2. The van der Waals surface area contributed by atoms with Crippen molar-refractivity contribution in [2.24, 2.45) is 0 Å². The van der Waals surface area contributed by atoms with Crippen molar-refractivity contribution in [2.45, 2.75) is 52.1 Å². The predicted octanol–water partition coefficient (Wildman–Crippen LogP) is 5.58. The number of imidazole rings is 1. The van der Waals surface area contributed by atoms with E-state index in [1.54, 1.807) is 34.9 Å². The quantitative estimate of drug-likeness (QED) is 0.219. The van der Waals surface area contributed by atoms with E-state index < -0.39 is 17.7 Å². The van der Waals surface area contributed by atoms with Gasteiger partial charge in [0.1, 0.15) is 0 Å². The fraction of sp³-hybridized carbons (Fsp3) is 0.393. The van der Waals surface area contributed by atoms with E-state index in [1.165, 1.54) is 11.3 Å². The Balaban J connectivity index is 1.66. The summed E-state index contributed by atoms with van der Waals surface area (Å²) >= 11 is 1.28. The van der Waals surface area contributed by atoms with Crippen LogP contribution >= 0.6 is 11.3 Å². The number of carbonyl (C=O) groups is 2. The first-order valence-corrected chi connectivity index (χ1v) is 13.6. The number of thiophene rings is 1. The van der Waals surface area contributed by atoms with Crippen molar-refractivity contribution < 1.29 is 24.2 Å². The van der Waals surface area contributed by atoms with Gasteiger partial charge in [-0.15, -0.1) is 11.3 Å². The third-order valence-corrected chi connectivity index (χ3v) is 7.13. The van der Waals surface area contributed by atoms with Crippen LogP contribution in [0.2, 0.25) is 0 Å². The average molecular weight is 524 g/mol. The van der Waals surface area contributed by atoms with Crippen molar-refractivity contribution in [1.82, 2.24) is 14.5 Å². The zero-order chi connectivity index (χ0) is 26.2. The lowest BCUT2D eigenvalue weighted by Gasteiger charge is -2.27. The molecule has 4 rings (SSSR count). The van der Waals surface area contributed by atoms with Crippen LogP contribution in [-0.4, -0.2) is 51.0 Å². The van der Waals surface area contributed by atoms with Crippen molar-refractivity contribution in [3.63, 3.8) is 0 Å². The minimum Gasteiger partial charge on any atom is -0.503 e. The van der Waals surface area contributed by atoms with Gasteiger partial charge in [0.2, 0.25) is 5.78 Å². The Labute approximate surface area is 221 Å². The molecule has 2 aromatic heterocycles. The molecule has 0 saturated carbocycles. The number of ketones is 1. The molecule has 3 heterocycles. The van der Waals surface area contributed by atoms with Gasteiger partial charge in [-0.25, -0.2) is 4.98 Å². The zero-order valence-electron chi connectivity index (χ0n) is 21.3.